The summed E-state index contributed by atoms with van der Waals surface area (Å²) in [4.78, 5) is 12.1. The van der Waals surface area contributed by atoms with Gasteiger partial charge in [-0.2, -0.15) is 5.10 Å². The van der Waals surface area contributed by atoms with Crippen LogP contribution < -0.4 is 5.43 Å². The number of rotatable bonds is 3. The maximum atomic E-state index is 12.1. The van der Waals surface area contributed by atoms with Crippen molar-refractivity contribution >= 4 is 32.9 Å². The van der Waals surface area contributed by atoms with Crippen LogP contribution >= 0.6 is 11.8 Å². The Morgan fingerprint density at radius 2 is 2.15 bits per heavy atom. The maximum absolute atomic E-state index is 12.1. The molecule has 1 aromatic carbocycles. The average Bonchev–Trinajstić information content (AvgIpc) is 2.47. The SMILES string of the molecule is CCOC(=O)[C@H]1SC(S(C)=O)=NN[C@@H]1c1ccccc1. The number of thioether (sulfide) groups is 1. The molecule has 3 atom stereocenters. The number of hydrogen-bond donors (Lipinski definition) is 1. The molecule has 1 aliphatic heterocycles. The second-order valence-corrected chi connectivity index (χ2v) is 6.82. The van der Waals surface area contributed by atoms with Crippen molar-refractivity contribution in [2.24, 2.45) is 5.10 Å². The monoisotopic (exact) mass is 312 g/mol. The van der Waals surface area contributed by atoms with Gasteiger partial charge in [0.1, 0.15) is 5.25 Å². The summed E-state index contributed by atoms with van der Waals surface area (Å²) in [6.07, 6.45) is 1.54. The molecule has 0 saturated heterocycles. The normalized spacial score (nSPS) is 23.4. The van der Waals surface area contributed by atoms with E-state index in [4.69, 9.17) is 4.74 Å². The number of benzene rings is 1. The smallest absolute Gasteiger partial charge is 0.322 e. The van der Waals surface area contributed by atoms with Crippen molar-refractivity contribution in [3.05, 3.63) is 35.9 Å². The van der Waals surface area contributed by atoms with Crippen LogP contribution in [-0.4, -0.2) is 32.7 Å². The third kappa shape index (κ3) is 3.40. The van der Waals surface area contributed by atoms with Crippen LogP contribution in [0.2, 0.25) is 0 Å². The molecule has 20 heavy (non-hydrogen) atoms. The highest BCUT2D eigenvalue weighted by molar-refractivity contribution is 8.33. The van der Waals surface area contributed by atoms with Crippen molar-refractivity contribution in [1.29, 1.82) is 0 Å². The first-order valence-electron chi connectivity index (χ1n) is 6.18. The molecule has 1 aromatic rings. The lowest BCUT2D eigenvalue weighted by molar-refractivity contribution is -0.143. The molecule has 0 radical (unpaired) electrons. The molecule has 0 saturated carbocycles. The highest BCUT2D eigenvalue weighted by atomic mass is 32.2. The third-order valence-corrected chi connectivity index (χ3v) is 5.34. The molecule has 0 aromatic heterocycles. The lowest BCUT2D eigenvalue weighted by atomic mass is 10.0. The van der Waals surface area contributed by atoms with Crippen LogP contribution in [0.25, 0.3) is 0 Å². The van der Waals surface area contributed by atoms with Crippen LogP contribution in [0, 0.1) is 0 Å². The van der Waals surface area contributed by atoms with Crippen molar-refractivity contribution in [2.75, 3.05) is 12.9 Å². The Labute approximate surface area is 124 Å². The van der Waals surface area contributed by atoms with Crippen LogP contribution in [0.4, 0.5) is 0 Å². The number of nitrogens with zero attached hydrogens (tertiary/aromatic N) is 1. The predicted molar refractivity (Wildman–Crippen MR) is 81.8 cm³/mol. The Bertz CT molecular complexity index is 534. The molecular formula is C13H16N2O3S2. The standard InChI is InChI=1S/C13H16N2O3S2/c1-3-18-12(16)11-10(9-7-5-4-6-8-9)14-15-13(19-11)20(2)17/h4-8,10-11,14H,3H2,1-2H3/t10-,11+,20?/m1/s1. The number of ether oxygens (including phenoxy) is 1. The van der Waals surface area contributed by atoms with E-state index in [9.17, 15) is 9.00 Å². The minimum absolute atomic E-state index is 0.285. The zero-order chi connectivity index (χ0) is 14.5. The van der Waals surface area contributed by atoms with E-state index in [0.29, 0.717) is 11.0 Å². The molecule has 0 fully saturated rings. The highest BCUT2D eigenvalue weighted by Gasteiger charge is 2.36. The van der Waals surface area contributed by atoms with Gasteiger partial charge in [-0.3, -0.25) is 14.4 Å². The summed E-state index contributed by atoms with van der Waals surface area (Å²) in [5, 5.41) is 3.61. The molecule has 1 unspecified atom stereocenters. The number of hydrazone groups is 1. The summed E-state index contributed by atoms with van der Waals surface area (Å²) in [7, 11) is -1.22. The number of esters is 1. The van der Waals surface area contributed by atoms with Gasteiger partial charge < -0.3 is 4.74 Å². The minimum Gasteiger partial charge on any atom is -0.465 e. The van der Waals surface area contributed by atoms with E-state index >= 15 is 0 Å². The zero-order valence-corrected chi connectivity index (χ0v) is 12.9. The van der Waals surface area contributed by atoms with Gasteiger partial charge in [0.25, 0.3) is 0 Å². The summed E-state index contributed by atoms with van der Waals surface area (Å²) >= 11 is 1.20. The molecule has 7 heteroatoms. The highest BCUT2D eigenvalue weighted by Crippen LogP contribution is 2.32. The fourth-order valence-electron chi connectivity index (χ4n) is 1.84. The summed E-state index contributed by atoms with van der Waals surface area (Å²) in [6, 6.07) is 9.28. The largest absolute Gasteiger partial charge is 0.465 e. The Morgan fingerprint density at radius 1 is 1.45 bits per heavy atom. The van der Waals surface area contributed by atoms with Gasteiger partial charge in [0.05, 0.1) is 23.4 Å². The lowest BCUT2D eigenvalue weighted by Crippen LogP contribution is -2.39. The first kappa shape index (κ1) is 15.1. The predicted octanol–water partition coefficient (Wildman–Crippen LogP) is 1.65. The van der Waals surface area contributed by atoms with E-state index in [2.05, 4.69) is 10.5 Å². The van der Waals surface area contributed by atoms with E-state index in [1.807, 2.05) is 30.3 Å². The molecule has 0 bridgehead atoms. The van der Waals surface area contributed by atoms with Crippen molar-refractivity contribution < 1.29 is 13.7 Å². The molecular weight excluding hydrogens is 296 g/mol. The minimum atomic E-state index is -1.22. The van der Waals surface area contributed by atoms with Crippen molar-refractivity contribution in [3.63, 3.8) is 0 Å². The topological polar surface area (TPSA) is 67.8 Å². The molecule has 0 spiro atoms. The van der Waals surface area contributed by atoms with Gasteiger partial charge in [0, 0.05) is 6.26 Å². The quantitative estimate of drug-likeness (QED) is 0.860. The van der Waals surface area contributed by atoms with E-state index in [-0.39, 0.29) is 12.0 Å². The Kier molecular flexibility index (Phi) is 5.19. The molecule has 0 amide bonds. The van der Waals surface area contributed by atoms with Crippen molar-refractivity contribution in [3.8, 4) is 0 Å². The number of carbonyl (C=O) groups is 1. The van der Waals surface area contributed by atoms with Crippen LogP contribution in [0.3, 0.4) is 0 Å². The van der Waals surface area contributed by atoms with Crippen LogP contribution in [0.1, 0.15) is 18.5 Å². The van der Waals surface area contributed by atoms with Crippen LogP contribution in [0.5, 0.6) is 0 Å². The molecule has 108 valence electrons. The summed E-state index contributed by atoms with van der Waals surface area (Å²) < 4.78 is 17.1. The number of hydrogen-bond acceptors (Lipinski definition) is 6. The van der Waals surface area contributed by atoms with Gasteiger partial charge in [-0.1, -0.05) is 42.1 Å². The number of nitrogens with one attached hydrogen (secondary N) is 1. The number of carbonyl (C=O) groups excluding carboxylic acids is 1. The summed E-state index contributed by atoms with van der Waals surface area (Å²) in [6.45, 7) is 2.09. The second kappa shape index (κ2) is 6.90. The lowest BCUT2D eigenvalue weighted by Gasteiger charge is -2.29. The summed E-state index contributed by atoms with van der Waals surface area (Å²) in [5.74, 6) is -0.322. The van der Waals surface area contributed by atoms with Crippen LogP contribution in [0.15, 0.2) is 35.4 Å². The maximum Gasteiger partial charge on any atom is 0.322 e. The Morgan fingerprint density at radius 3 is 2.75 bits per heavy atom. The molecule has 1 heterocycles. The van der Waals surface area contributed by atoms with E-state index in [0.717, 1.165) is 5.56 Å². The van der Waals surface area contributed by atoms with Gasteiger partial charge in [0.2, 0.25) is 0 Å². The van der Waals surface area contributed by atoms with Crippen LogP contribution in [-0.2, 0) is 20.3 Å². The van der Waals surface area contributed by atoms with Crippen molar-refractivity contribution in [2.45, 2.75) is 18.2 Å². The van der Waals surface area contributed by atoms with E-state index < -0.39 is 16.0 Å². The zero-order valence-electron chi connectivity index (χ0n) is 11.2. The van der Waals surface area contributed by atoms with Gasteiger partial charge in [-0.25, -0.2) is 0 Å². The van der Waals surface area contributed by atoms with Crippen molar-refractivity contribution in [1.82, 2.24) is 5.43 Å². The fraction of sp³-hybridized carbons (Fsp3) is 0.385. The first-order valence-corrected chi connectivity index (χ1v) is 8.62. The molecule has 0 aliphatic carbocycles. The molecule has 1 N–H and O–H groups in total. The Hall–Kier alpha value is -1.34. The third-order valence-electron chi connectivity index (χ3n) is 2.75. The van der Waals surface area contributed by atoms with Gasteiger partial charge in [-0.05, 0) is 12.5 Å². The second-order valence-electron chi connectivity index (χ2n) is 4.14. The first-order chi connectivity index (χ1) is 9.63. The van der Waals surface area contributed by atoms with E-state index in [1.54, 1.807) is 13.2 Å². The summed E-state index contributed by atoms with van der Waals surface area (Å²) in [5.41, 5.74) is 3.88. The van der Waals surface area contributed by atoms with Gasteiger partial charge in [-0.15, -0.1) is 0 Å². The van der Waals surface area contributed by atoms with Gasteiger partial charge >= 0.3 is 5.97 Å². The molecule has 5 nitrogen and oxygen atoms in total. The average molecular weight is 312 g/mol. The molecule has 2 rings (SSSR count). The van der Waals surface area contributed by atoms with Gasteiger partial charge in [0.15, 0.2) is 4.38 Å². The van der Waals surface area contributed by atoms with E-state index in [1.165, 1.54) is 11.8 Å². The fourth-order valence-corrected chi connectivity index (χ4v) is 3.72. The molecule has 1 aliphatic rings. The Balaban J connectivity index is 2.28.